The van der Waals surface area contributed by atoms with Crippen molar-refractivity contribution < 1.29 is 13.9 Å². The molecule has 1 amide bonds. The molecule has 128 valence electrons. The van der Waals surface area contributed by atoms with Crippen molar-refractivity contribution >= 4 is 29.1 Å². The standard InChI is InChI=1S/C16H13ClFN5O2/c1-25-12-4-2-3-11(18)14(12)23-15(19)10(8-21-23)16(24)22-13-6-5-9(17)7-20-13/h2-8H,19H2,1H3,(H,20,22,24). The molecule has 2 heterocycles. The highest BCUT2D eigenvalue weighted by atomic mass is 35.5. The molecule has 1 aromatic carbocycles. The first-order chi connectivity index (χ1) is 12.0. The number of para-hydroxylation sites is 1. The maximum atomic E-state index is 14.2. The molecule has 3 aromatic rings. The number of hydrogen-bond acceptors (Lipinski definition) is 5. The van der Waals surface area contributed by atoms with E-state index in [0.29, 0.717) is 10.8 Å². The summed E-state index contributed by atoms with van der Waals surface area (Å²) in [4.78, 5) is 16.3. The third-order valence-electron chi connectivity index (χ3n) is 3.40. The van der Waals surface area contributed by atoms with E-state index in [2.05, 4.69) is 15.4 Å². The fraction of sp³-hybridized carbons (Fsp3) is 0.0625. The normalized spacial score (nSPS) is 10.5. The van der Waals surface area contributed by atoms with Crippen LogP contribution in [0.3, 0.4) is 0 Å². The zero-order valence-electron chi connectivity index (χ0n) is 13.0. The Hall–Kier alpha value is -3.13. The summed E-state index contributed by atoms with van der Waals surface area (Å²) in [7, 11) is 1.40. The summed E-state index contributed by atoms with van der Waals surface area (Å²) < 4.78 is 20.4. The minimum atomic E-state index is -0.583. The van der Waals surface area contributed by atoms with Gasteiger partial charge in [-0.1, -0.05) is 17.7 Å². The highest BCUT2D eigenvalue weighted by Gasteiger charge is 2.20. The molecule has 0 aliphatic heterocycles. The lowest BCUT2D eigenvalue weighted by Crippen LogP contribution is -2.15. The van der Waals surface area contributed by atoms with Gasteiger partial charge in [0.15, 0.2) is 5.82 Å². The topological polar surface area (TPSA) is 95.1 Å². The number of aromatic nitrogens is 3. The third kappa shape index (κ3) is 3.24. The Morgan fingerprint density at radius 2 is 2.12 bits per heavy atom. The lowest BCUT2D eigenvalue weighted by molar-refractivity contribution is 0.102. The van der Waals surface area contributed by atoms with Crippen LogP contribution >= 0.6 is 11.6 Å². The number of anilines is 2. The van der Waals surface area contributed by atoms with Gasteiger partial charge in [-0.3, -0.25) is 4.79 Å². The Balaban J connectivity index is 1.94. The second-order valence-corrected chi connectivity index (χ2v) is 5.40. The molecule has 0 aliphatic carbocycles. The molecular formula is C16H13ClFN5O2. The summed E-state index contributed by atoms with van der Waals surface area (Å²) in [6.45, 7) is 0. The van der Waals surface area contributed by atoms with Crippen LogP contribution in [-0.2, 0) is 0 Å². The van der Waals surface area contributed by atoms with Gasteiger partial charge in [-0.05, 0) is 24.3 Å². The van der Waals surface area contributed by atoms with Crippen molar-refractivity contribution in [2.45, 2.75) is 0 Å². The zero-order valence-corrected chi connectivity index (χ0v) is 13.8. The Labute approximate surface area is 147 Å². The number of pyridine rings is 1. The molecule has 0 saturated carbocycles. The molecule has 0 saturated heterocycles. The van der Waals surface area contributed by atoms with Crippen molar-refractivity contribution in [3.63, 3.8) is 0 Å². The number of nitrogens with one attached hydrogen (secondary N) is 1. The van der Waals surface area contributed by atoms with Crippen LogP contribution in [0.2, 0.25) is 5.02 Å². The number of nitrogen functional groups attached to an aromatic ring is 1. The Bertz CT molecular complexity index is 927. The third-order valence-corrected chi connectivity index (χ3v) is 3.63. The second kappa shape index (κ2) is 6.78. The van der Waals surface area contributed by atoms with Gasteiger partial charge in [0.1, 0.15) is 28.6 Å². The average molecular weight is 362 g/mol. The number of carbonyl (C=O) groups is 1. The number of methoxy groups -OCH3 is 1. The lowest BCUT2D eigenvalue weighted by atomic mass is 10.2. The molecule has 9 heteroatoms. The van der Waals surface area contributed by atoms with E-state index in [4.69, 9.17) is 22.1 Å². The second-order valence-electron chi connectivity index (χ2n) is 4.96. The molecule has 3 N–H and O–H groups in total. The van der Waals surface area contributed by atoms with Gasteiger partial charge in [-0.2, -0.15) is 5.10 Å². The molecule has 0 unspecified atom stereocenters. The number of nitrogens with two attached hydrogens (primary N) is 1. The number of nitrogens with zero attached hydrogens (tertiary/aromatic N) is 3. The molecule has 0 bridgehead atoms. The average Bonchev–Trinajstić information content (AvgIpc) is 2.98. The Kier molecular flexibility index (Phi) is 4.53. The SMILES string of the molecule is COc1cccc(F)c1-n1ncc(C(=O)Nc2ccc(Cl)cn2)c1N. The van der Waals surface area contributed by atoms with Crippen LogP contribution in [0.25, 0.3) is 5.69 Å². The van der Waals surface area contributed by atoms with Crippen LogP contribution < -0.4 is 15.8 Å². The molecule has 0 spiro atoms. The smallest absolute Gasteiger partial charge is 0.262 e. The van der Waals surface area contributed by atoms with Gasteiger partial charge in [0.05, 0.1) is 18.3 Å². The van der Waals surface area contributed by atoms with Crippen molar-refractivity contribution in [2.24, 2.45) is 0 Å². The van der Waals surface area contributed by atoms with E-state index in [1.165, 1.54) is 31.6 Å². The number of ether oxygens (including phenoxy) is 1. The van der Waals surface area contributed by atoms with Crippen LogP contribution in [0.4, 0.5) is 16.0 Å². The van der Waals surface area contributed by atoms with E-state index in [1.807, 2.05) is 0 Å². The number of hydrogen-bond donors (Lipinski definition) is 2. The predicted octanol–water partition coefficient (Wildman–Crippen LogP) is 2.90. The Morgan fingerprint density at radius 3 is 2.80 bits per heavy atom. The van der Waals surface area contributed by atoms with Gasteiger partial charge < -0.3 is 15.8 Å². The van der Waals surface area contributed by atoms with E-state index in [0.717, 1.165) is 4.68 Å². The van der Waals surface area contributed by atoms with Crippen LogP contribution in [0.5, 0.6) is 5.75 Å². The molecule has 0 fully saturated rings. The summed E-state index contributed by atoms with van der Waals surface area (Å²) in [5, 5.41) is 7.01. The molecule has 0 radical (unpaired) electrons. The minimum Gasteiger partial charge on any atom is -0.494 e. The molecule has 7 nitrogen and oxygen atoms in total. The van der Waals surface area contributed by atoms with E-state index in [-0.39, 0.29) is 22.8 Å². The minimum absolute atomic E-state index is 0.0196. The van der Waals surface area contributed by atoms with Crippen LogP contribution in [0.15, 0.2) is 42.7 Å². The molecule has 0 aliphatic rings. The van der Waals surface area contributed by atoms with Crippen LogP contribution in [0.1, 0.15) is 10.4 Å². The molecule has 0 atom stereocenters. The van der Waals surface area contributed by atoms with Gasteiger partial charge in [-0.25, -0.2) is 14.1 Å². The van der Waals surface area contributed by atoms with Crippen molar-refractivity contribution in [2.75, 3.05) is 18.2 Å². The largest absolute Gasteiger partial charge is 0.494 e. The number of carbonyl (C=O) groups excluding carboxylic acids is 1. The molecule has 3 rings (SSSR count). The van der Waals surface area contributed by atoms with Gasteiger partial charge in [0.25, 0.3) is 5.91 Å². The first-order valence-electron chi connectivity index (χ1n) is 7.10. The number of rotatable bonds is 4. The van der Waals surface area contributed by atoms with E-state index in [9.17, 15) is 9.18 Å². The van der Waals surface area contributed by atoms with Gasteiger partial charge >= 0.3 is 0 Å². The summed E-state index contributed by atoms with van der Waals surface area (Å²) in [5.74, 6) is -0.615. The maximum absolute atomic E-state index is 14.2. The number of benzene rings is 1. The summed E-state index contributed by atoms with van der Waals surface area (Å²) in [5.41, 5.74) is 6.07. The predicted molar refractivity (Wildman–Crippen MR) is 91.7 cm³/mol. The van der Waals surface area contributed by atoms with Crippen LogP contribution in [-0.4, -0.2) is 27.8 Å². The Morgan fingerprint density at radius 1 is 1.32 bits per heavy atom. The lowest BCUT2D eigenvalue weighted by Gasteiger charge is -2.11. The van der Waals surface area contributed by atoms with Gasteiger partial charge in [-0.15, -0.1) is 0 Å². The number of halogens is 2. The molecule has 25 heavy (non-hydrogen) atoms. The van der Waals surface area contributed by atoms with Crippen molar-refractivity contribution in [3.05, 3.63) is 59.1 Å². The van der Waals surface area contributed by atoms with Gasteiger partial charge in [0.2, 0.25) is 0 Å². The first kappa shape index (κ1) is 16.7. The first-order valence-corrected chi connectivity index (χ1v) is 7.48. The summed E-state index contributed by atoms with van der Waals surface area (Å²) >= 11 is 5.75. The van der Waals surface area contributed by atoms with Crippen molar-refractivity contribution in [1.29, 1.82) is 0 Å². The van der Waals surface area contributed by atoms with Crippen molar-refractivity contribution in [3.8, 4) is 11.4 Å². The van der Waals surface area contributed by atoms with Crippen LogP contribution in [0, 0.1) is 5.82 Å². The highest BCUT2D eigenvalue weighted by Crippen LogP contribution is 2.28. The van der Waals surface area contributed by atoms with E-state index < -0.39 is 11.7 Å². The maximum Gasteiger partial charge on any atom is 0.262 e. The van der Waals surface area contributed by atoms with E-state index >= 15 is 0 Å². The monoisotopic (exact) mass is 361 g/mol. The summed E-state index contributed by atoms with van der Waals surface area (Å²) in [6.07, 6.45) is 2.64. The zero-order chi connectivity index (χ0) is 18.0. The highest BCUT2D eigenvalue weighted by molar-refractivity contribution is 6.30. The molecular weight excluding hydrogens is 349 g/mol. The van der Waals surface area contributed by atoms with E-state index in [1.54, 1.807) is 18.2 Å². The fourth-order valence-electron chi connectivity index (χ4n) is 2.21. The number of amides is 1. The molecule has 2 aromatic heterocycles. The summed E-state index contributed by atoms with van der Waals surface area (Å²) in [6, 6.07) is 7.44. The fourth-order valence-corrected chi connectivity index (χ4v) is 2.32. The quantitative estimate of drug-likeness (QED) is 0.745. The van der Waals surface area contributed by atoms with Crippen molar-refractivity contribution in [1.82, 2.24) is 14.8 Å². The van der Waals surface area contributed by atoms with Gasteiger partial charge in [0, 0.05) is 6.20 Å².